The Morgan fingerprint density at radius 3 is 2.64 bits per heavy atom. The van der Waals surface area contributed by atoms with Gasteiger partial charge in [0.2, 0.25) is 0 Å². The second kappa shape index (κ2) is 5.35. The molecule has 1 atom stereocenters. The van der Waals surface area contributed by atoms with Crippen molar-refractivity contribution in [2.24, 2.45) is 10.3 Å². The Hall–Kier alpha value is -1.40. The molecule has 1 unspecified atom stereocenters. The van der Waals surface area contributed by atoms with Crippen LogP contribution in [0.25, 0.3) is 0 Å². The molecule has 2 saturated heterocycles. The standard InChI is InChI=1S/C16H20N2O3S/c19-22(20)15-6-2-1-4-13(15)16(17-22)18-9-7-12(8-10-18)14-5-3-11-21-14/h1-2,4,6,12,14H,3,5,7-11H2. The highest BCUT2D eigenvalue weighted by atomic mass is 32.2. The summed E-state index contributed by atoms with van der Waals surface area (Å²) < 4.78 is 34.1. The number of nitrogens with zero attached hydrogens (tertiary/aromatic N) is 2. The van der Waals surface area contributed by atoms with Gasteiger partial charge in [-0.3, -0.25) is 0 Å². The first-order valence-corrected chi connectivity index (χ1v) is 9.40. The number of fused-ring (bicyclic) bond motifs is 1. The smallest absolute Gasteiger partial charge is 0.285 e. The van der Waals surface area contributed by atoms with Crippen molar-refractivity contribution in [3.05, 3.63) is 29.8 Å². The lowest BCUT2D eigenvalue weighted by Gasteiger charge is -2.35. The van der Waals surface area contributed by atoms with Gasteiger partial charge < -0.3 is 9.64 Å². The average Bonchev–Trinajstić information content (AvgIpc) is 3.15. The Bertz CT molecular complexity index is 700. The van der Waals surface area contributed by atoms with Gasteiger partial charge in [-0.25, -0.2) is 0 Å². The molecular formula is C16H20N2O3S. The monoisotopic (exact) mass is 320 g/mol. The van der Waals surface area contributed by atoms with E-state index < -0.39 is 10.0 Å². The predicted octanol–water partition coefficient (Wildman–Crippen LogP) is 2.03. The first-order chi connectivity index (χ1) is 10.6. The van der Waals surface area contributed by atoms with Gasteiger partial charge in [0.15, 0.2) is 5.84 Å². The second-order valence-electron chi connectivity index (χ2n) is 6.26. The molecule has 0 N–H and O–H groups in total. The van der Waals surface area contributed by atoms with Crippen LogP contribution in [-0.4, -0.2) is 45.0 Å². The lowest BCUT2D eigenvalue weighted by molar-refractivity contribution is 0.0412. The largest absolute Gasteiger partial charge is 0.378 e. The molecule has 0 saturated carbocycles. The molecule has 0 aromatic heterocycles. The molecule has 1 aromatic rings. The highest BCUT2D eigenvalue weighted by molar-refractivity contribution is 7.90. The first kappa shape index (κ1) is 14.2. The van der Waals surface area contributed by atoms with Crippen LogP contribution in [0.5, 0.6) is 0 Å². The molecule has 3 aliphatic rings. The number of amidine groups is 1. The third-order valence-electron chi connectivity index (χ3n) is 4.94. The van der Waals surface area contributed by atoms with Crippen molar-refractivity contribution in [3.8, 4) is 0 Å². The molecule has 2 fully saturated rings. The van der Waals surface area contributed by atoms with Crippen LogP contribution in [0, 0.1) is 5.92 Å². The summed E-state index contributed by atoms with van der Waals surface area (Å²) in [5, 5.41) is 0. The molecule has 1 aromatic carbocycles. The first-order valence-electron chi connectivity index (χ1n) is 7.96. The van der Waals surface area contributed by atoms with E-state index in [1.165, 1.54) is 12.8 Å². The third kappa shape index (κ3) is 2.34. The highest BCUT2D eigenvalue weighted by Crippen LogP contribution is 2.32. The number of ether oxygens (including phenoxy) is 1. The lowest BCUT2D eigenvalue weighted by Crippen LogP contribution is -2.41. The molecular weight excluding hydrogens is 300 g/mol. The van der Waals surface area contributed by atoms with E-state index in [0.717, 1.165) is 38.1 Å². The van der Waals surface area contributed by atoms with Crippen LogP contribution in [-0.2, 0) is 14.8 Å². The highest BCUT2D eigenvalue weighted by Gasteiger charge is 2.35. The van der Waals surface area contributed by atoms with Crippen molar-refractivity contribution in [1.82, 2.24) is 4.90 Å². The summed E-state index contributed by atoms with van der Waals surface area (Å²) in [6, 6.07) is 7.11. The number of rotatable bonds is 1. The van der Waals surface area contributed by atoms with E-state index in [9.17, 15) is 8.42 Å². The van der Waals surface area contributed by atoms with Crippen molar-refractivity contribution in [2.45, 2.75) is 36.7 Å². The van der Waals surface area contributed by atoms with Gasteiger partial charge in [0, 0.05) is 25.3 Å². The van der Waals surface area contributed by atoms with Crippen LogP contribution in [0.1, 0.15) is 31.2 Å². The Kier molecular flexibility index (Phi) is 3.46. The van der Waals surface area contributed by atoms with Gasteiger partial charge in [0.05, 0.1) is 6.10 Å². The quantitative estimate of drug-likeness (QED) is 0.794. The number of hydrogen-bond donors (Lipinski definition) is 0. The average molecular weight is 320 g/mol. The summed E-state index contributed by atoms with van der Waals surface area (Å²) in [6.07, 6.45) is 4.84. The van der Waals surface area contributed by atoms with Crippen LogP contribution >= 0.6 is 0 Å². The zero-order valence-electron chi connectivity index (χ0n) is 12.4. The van der Waals surface area contributed by atoms with Gasteiger partial charge in [-0.05, 0) is 43.7 Å². The summed E-state index contributed by atoms with van der Waals surface area (Å²) >= 11 is 0. The molecule has 0 radical (unpaired) electrons. The lowest BCUT2D eigenvalue weighted by atomic mass is 9.89. The number of likely N-dealkylation sites (tertiary alicyclic amines) is 1. The van der Waals surface area contributed by atoms with E-state index in [-0.39, 0.29) is 0 Å². The van der Waals surface area contributed by atoms with Gasteiger partial charge in [0.25, 0.3) is 10.0 Å². The fourth-order valence-corrected chi connectivity index (χ4v) is 5.00. The third-order valence-corrected chi connectivity index (χ3v) is 6.27. The molecule has 0 amide bonds. The topological polar surface area (TPSA) is 59.0 Å². The maximum Gasteiger partial charge on any atom is 0.285 e. The summed E-state index contributed by atoms with van der Waals surface area (Å²) in [5.74, 6) is 1.23. The molecule has 0 aliphatic carbocycles. The predicted molar refractivity (Wildman–Crippen MR) is 83.4 cm³/mol. The Labute approximate surface area is 131 Å². The van der Waals surface area contributed by atoms with Gasteiger partial charge in [0.1, 0.15) is 4.90 Å². The van der Waals surface area contributed by atoms with Crippen LogP contribution in [0.3, 0.4) is 0 Å². The Morgan fingerprint density at radius 1 is 1.14 bits per heavy atom. The minimum absolute atomic E-state index is 0.339. The number of hydrogen-bond acceptors (Lipinski definition) is 4. The maximum absolute atomic E-state index is 12.1. The van der Waals surface area contributed by atoms with Crippen molar-refractivity contribution in [3.63, 3.8) is 0 Å². The summed E-state index contributed by atoms with van der Waals surface area (Å²) in [5.41, 5.74) is 0.748. The molecule has 4 rings (SSSR count). The SMILES string of the molecule is O=S1(=O)N=C(N2CCC(C3CCCO3)CC2)c2ccccc21. The van der Waals surface area contributed by atoms with E-state index in [0.29, 0.717) is 22.8 Å². The number of piperidine rings is 1. The molecule has 3 aliphatic heterocycles. The summed E-state index contributed by atoms with van der Waals surface area (Å²) in [4.78, 5) is 2.46. The minimum Gasteiger partial charge on any atom is -0.378 e. The van der Waals surface area contributed by atoms with Gasteiger partial charge in [-0.15, -0.1) is 4.40 Å². The fourth-order valence-electron chi connectivity index (χ4n) is 3.77. The zero-order valence-corrected chi connectivity index (χ0v) is 13.3. The summed E-state index contributed by atoms with van der Waals surface area (Å²) in [6.45, 7) is 2.60. The van der Waals surface area contributed by atoms with E-state index in [1.807, 2.05) is 12.1 Å². The van der Waals surface area contributed by atoms with Crippen LogP contribution in [0.4, 0.5) is 0 Å². The van der Waals surface area contributed by atoms with Crippen LogP contribution < -0.4 is 0 Å². The fraction of sp³-hybridized carbons (Fsp3) is 0.562. The summed E-state index contributed by atoms with van der Waals surface area (Å²) in [7, 11) is -3.51. The van der Waals surface area contributed by atoms with Gasteiger partial charge in [-0.2, -0.15) is 8.42 Å². The molecule has 6 heteroatoms. The normalized spacial score (nSPS) is 27.7. The molecule has 5 nitrogen and oxygen atoms in total. The van der Waals surface area contributed by atoms with Gasteiger partial charge >= 0.3 is 0 Å². The van der Waals surface area contributed by atoms with Crippen LogP contribution in [0.2, 0.25) is 0 Å². The van der Waals surface area contributed by atoms with E-state index >= 15 is 0 Å². The second-order valence-corrected chi connectivity index (χ2v) is 7.83. The van der Waals surface area contributed by atoms with Crippen molar-refractivity contribution >= 4 is 15.9 Å². The van der Waals surface area contributed by atoms with Crippen molar-refractivity contribution in [2.75, 3.05) is 19.7 Å². The molecule has 0 spiro atoms. The Balaban J connectivity index is 1.52. The molecule has 118 valence electrons. The minimum atomic E-state index is -3.51. The maximum atomic E-state index is 12.1. The molecule has 3 heterocycles. The van der Waals surface area contributed by atoms with Crippen LogP contribution in [0.15, 0.2) is 33.6 Å². The Morgan fingerprint density at radius 2 is 1.91 bits per heavy atom. The van der Waals surface area contributed by atoms with Crippen molar-refractivity contribution in [1.29, 1.82) is 0 Å². The van der Waals surface area contributed by atoms with Crippen molar-refractivity contribution < 1.29 is 13.2 Å². The van der Waals surface area contributed by atoms with E-state index in [4.69, 9.17) is 4.74 Å². The number of sulfonamides is 1. The van der Waals surface area contributed by atoms with E-state index in [1.54, 1.807) is 12.1 Å². The zero-order chi connectivity index (χ0) is 15.2. The van der Waals surface area contributed by atoms with E-state index in [2.05, 4.69) is 9.30 Å². The molecule has 0 bridgehead atoms. The molecule has 22 heavy (non-hydrogen) atoms. The number of benzene rings is 1. The van der Waals surface area contributed by atoms with Gasteiger partial charge in [-0.1, -0.05) is 12.1 Å².